The molecule has 34 heavy (non-hydrogen) atoms. The van der Waals surface area contributed by atoms with E-state index in [1.54, 1.807) is 0 Å². The van der Waals surface area contributed by atoms with E-state index >= 15 is 0 Å². The zero-order valence-corrected chi connectivity index (χ0v) is 20.8. The van der Waals surface area contributed by atoms with Crippen LogP contribution >= 0.6 is 0 Å². The van der Waals surface area contributed by atoms with Crippen molar-refractivity contribution in [3.63, 3.8) is 0 Å². The van der Waals surface area contributed by atoms with Crippen LogP contribution < -0.4 is 4.90 Å². The highest BCUT2D eigenvalue weighted by Gasteiger charge is 2.34. The molecule has 2 aromatic rings. The van der Waals surface area contributed by atoms with Crippen LogP contribution in [-0.4, -0.2) is 54.3 Å². The molecule has 188 valence electrons. The number of aromatic nitrogens is 2. The molecule has 1 aliphatic rings. The number of nitrogens with zero attached hydrogens (tertiary/aromatic N) is 4. The Bertz CT molecular complexity index is 908. The van der Waals surface area contributed by atoms with E-state index in [9.17, 15) is 13.2 Å². The molecule has 0 N–H and O–H groups in total. The number of ether oxygens (including phenoxy) is 1. The highest BCUT2D eigenvalue weighted by Crippen LogP contribution is 2.32. The lowest BCUT2D eigenvalue weighted by Crippen LogP contribution is -2.38. The van der Waals surface area contributed by atoms with E-state index < -0.39 is 11.9 Å². The monoisotopic (exact) mass is 478 g/mol. The molecule has 1 aromatic heterocycles. The summed E-state index contributed by atoms with van der Waals surface area (Å²) in [6.07, 6.45) is -2.08. The Hall–Kier alpha value is -2.19. The molecule has 1 fully saturated rings. The molecule has 1 atom stereocenters. The van der Waals surface area contributed by atoms with Crippen LogP contribution in [0, 0.1) is 13.8 Å². The Morgan fingerprint density at radius 3 is 2.35 bits per heavy atom. The average molecular weight is 479 g/mol. The normalized spacial score (nSPS) is 16.0. The topological polar surface area (TPSA) is 41.5 Å². The van der Waals surface area contributed by atoms with E-state index in [4.69, 9.17) is 4.74 Å². The number of hydrogen-bond acceptors (Lipinski definition) is 5. The Kier molecular flexibility index (Phi) is 9.31. The van der Waals surface area contributed by atoms with Gasteiger partial charge in [0.1, 0.15) is 17.3 Å². The number of benzene rings is 1. The van der Waals surface area contributed by atoms with Crippen LogP contribution in [-0.2, 0) is 17.5 Å². The fraction of sp³-hybridized carbons (Fsp3) is 0.615. The zero-order valence-electron chi connectivity index (χ0n) is 20.8. The second-order valence-electron chi connectivity index (χ2n) is 9.38. The Balaban J connectivity index is 1.91. The third-order valence-corrected chi connectivity index (χ3v) is 6.17. The molecule has 3 rings (SSSR count). The lowest BCUT2D eigenvalue weighted by atomic mass is 10.1. The van der Waals surface area contributed by atoms with Gasteiger partial charge >= 0.3 is 6.18 Å². The van der Waals surface area contributed by atoms with Crippen LogP contribution in [0.25, 0.3) is 0 Å². The molecule has 0 amide bonds. The number of aryl methyl sites for hydroxylation is 2. The summed E-state index contributed by atoms with van der Waals surface area (Å²) in [5.74, 6) is 0.481. The van der Waals surface area contributed by atoms with Gasteiger partial charge in [-0.05, 0) is 32.3 Å². The Morgan fingerprint density at radius 1 is 1.06 bits per heavy atom. The van der Waals surface area contributed by atoms with Gasteiger partial charge in [-0.25, -0.2) is 9.97 Å². The smallest absolute Gasteiger partial charge is 0.379 e. The van der Waals surface area contributed by atoms with E-state index in [-0.39, 0.29) is 11.7 Å². The van der Waals surface area contributed by atoms with Crippen molar-refractivity contribution < 1.29 is 17.9 Å². The predicted molar refractivity (Wildman–Crippen MR) is 129 cm³/mol. The molecule has 1 aromatic carbocycles. The molecule has 0 saturated carbocycles. The molecular weight excluding hydrogens is 441 g/mol. The van der Waals surface area contributed by atoms with Gasteiger partial charge in [0.2, 0.25) is 0 Å². The van der Waals surface area contributed by atoms with Crippen molar-refractivity contribution in [3.05, 3.63) is 52.5 Å². The molecule has 0 bridgehead atoms. The van der Waals surface area contributed by atoms with Crippen LogP contribution in [0.4, 0.5) is 19.0 Å². The summed E-state index contributed by atoms with van der Waals surface area (Å²) in [6.45, 7) is 13.2. The second-order valence-corrected chi connectivity index (χ2v) is 9.38. The van der Waals surface area contributed by atoms with E-state index in [2.05, 4.69) is 33.1 Å². The highest BCUT2D eigenvalue weighted by molar-refractivity contribution is 5.43. The lowest BCUT2D eigenvalue weighted by Gasteiger charge is -2.29. The van der Waals surface area contributed by atoms with E-state index in [1.807, 2.05) is 32.6 Å². The van der Waals surface area contributed by atoms with Gasteiger partial charge in [0.25, 0.3) is 0 Å². The first-order chi connectivity index (χ1) is 16.2. The first-order valence-electron chi connectivity index (χ1n) is 12.2. The fourth-order valence-electron chi connectivity index (χ4n) is 4.51. The largest absolute Gasteiger partial charge is 0.433 e. The van der Waals surface area contributed by atoms with Crippen molar-refractivity contribution in [2.24, 2.45) is 0 Å². The fourth-order valence-corrected chi connectivity index (χ4v) is 4.51. The molecule has 2 heterocycles. The minimum absolute atomic E-state index is 0.137. The average Bonchev–Trinajstić information content (AvgIpc) is 2.78. The summed E-state index contributed by atoms with van der Waals surface area (Å²) in [6, 6.07) is 7.39. The minimum atomic E-state index is -4.52. The van der Waals surface area contributed by atoms with Gasteiger partial charge in [-0.15, -0.1) is 0 Å². The van der Waals surface area contributed by atoms with Crippen molar-refractivity contribution in [2.45, 2.75) is 65.6 Å². The minimum Gasteiger partial charge on any atom is -0.379 e. The van der Waals surface area contributed by atoms with E-state index in [0.717, 1.165) is 74.9 Å². The quantitative estimate of drug-likeness (QED) is 0.435. The molecule has 1 unspecified atom stereocenters. The maximum Gasteiger partial charge on any atom is 0.433 e. The molecule has 0 spiro atoms. The zero-order chi connectivity index (χ0) is 24.7. The van der Waals surface area contributed by atoms with Crippen LogP contribution in [0.1, 0.15) is 67.2 Å². The molecule has 8 heteroatoms. The third kappa shape index (κ3) is 7.67. The molecule has 0 radical (unpaired) electrons. The van der Waals surface area contributed by atoms with Gasteiger partial charge < -0.3 is 9.64 Å². The number of hydrogen-bond donors (Lipinski definition) is 0. The van der Waals surface area contributed by atoms with Crippen LogP contribution in [0.2, 0.25) is 0 Å². The van der Waals surface area contributed by atoms with Crippen LogP contribution in [0.5, 0.6) is 0 Å². The third-order valence-electron chi connectivity index (χ3n) is 6.17. The van der Waals surface area contributed by atoms with Gasteiger partial charge in [0.15, 0.2) is 0 Å². The van der Waals surface area contributed by atoms with Gasteiger partial charge in [-0.2, -0.15) is 13.2 Å². The summed E-state index contributed by atoms with van der Waals surface area (Å²) >= 11 is 0. The Morgan fingerprint density at radius 2 is 1.74 bits per heavy atom. The number of alkyl halides is 3. The first kappa shape index (κ1) is 26.4. The second kappa shape index (κ2) is 12.0. The summed E-state index contributed by atoms with van der Waals surface area (Å²) < 4.78 is 46.7. The maximum absolute atomic E-state index is 13.8. The molecule has 1 aliphatic heterocycles. The van der Waals surface area contributed by atoms with Gasteiger partial charge in [-0.1, -0.05) is 49.6 Å². The lowest BCUT2D eigenvalue weighted by molar-refractivity contribution is -0.141. The maximum atomic E-state index is 13.8. The van der Waals surface area contributed by atoms with E-state index in [1.165, 1.54) is 0 Å². The molecule has 5 nitrogen and oxygen atoms in total. The number of anilines is 1. The summed E-state index contributed by atoms with van der Waals surface area (Å²) in [7, 11) is 0. The summed E-state index contributed by atoms with van der Waals surface area (Å²) in [4.78, 5) is 12.9. The number of morpholine rings is 1. The van der Waals surface area contributed by atoms with Crippen molar-refractivity contribution in [1.29, 1.82) is 0 Å². The van der Waals surface area contributed by atoms with Crippen molar-refractivity contribution >= 4 is 5.82 Å². The molecular formula is C26H37F3N4O. The van der Waals surface area contributed by atoms with Crippen LogP contribution in [0.15, 0.2) is 24.3 Å². The van der Waals surface area contributed by atoms with Crippen molar-refractivity contribution in [1.82, 2.24) is 14.9 Å². The summed E-state index contributed by atoms with van der Waals surface area (Å²) in [5.41, 5.74) is 2.48. The Labute approximate surface area is 201 Å². The first-order valence-corrected chi connectivity index (χ1v) is 12.2. The van der Waals surface area contributed by atoms with Gasteiger partial charge in [0, 0.05) is 44.7 Å². The van der Waals surface area contributed by atoms with E-state index in [0.29, 0.717) is 18.9 Å². The number of rotatable bonds is 10. The van der Waals surface area contributed by atoms with Crippen LogP contribution in [0.3, 0.4) is 0 Å². The van der Waals surface area contributed by atoms with Crippen molar-refractivity contribution in [3.8, 4) is 0 Å². The molecule has 0 aliphatic carbocycles. The van der Waals surface area contributed by atoms with Gasteiger partial charge in [-0.3, -0.25) is 4.90 Å². The standard InChI is InChI=1S/C26H37F3N4O/c1-5-7-21(4)25-30-23(26(27,28)29)17-24(31-25)33(9-6-8-32-10-12-34-13-11-32)18-22-15-19(2)14-20(3)16-22/h14-17,21H,5-13,18H2,1-4H3. The predicted octanol–water partition coefficient (Wildman–Crippen LogP) is 5.74. The summed E-state index contributed by atoms with van der Waals surface area (Å²) in [5, 5.41) is 0. The molecule has 1 saturated heterocycles. The van der Waals surface area contributed by atoms with Gasteiger partial charge in [0.05, 0.1) is 13.2 Å². The number of halogens is 3. The SMILES string of the molecule is CCCC(C)c1nc(N(CCCN2CCOCC2)Cc2cc(C)cc(C)c2)cc(C(F)(F)F)n1. The van der Waals surface area contributed by atoms with Crippen molar-refractivity contribution in [2.75, 3.05) is 44.3 Å². The highest BCUT2D eigenvalue weighted by atomic mass is 19.4.